The SMILES string of the molecule is CCNC(Cc1ccc(F)cc1)CS(C)(=O)=O.Cl. The molecule has 18 heavy (non-hydrogen) atoms. The monoisotopic (exact) mass is 295 g/mol. The van der Waals surface area contributed by atoms with Gasteiger partial charge in [-0.05, 0) is 30.7 Å². The Kier molecular flexibility index (Phi) is 7.43. The van der Waals surface area contributed by atoms with Crippen LogP contribution in [0.2, 0.25) is 0 Å². The summed E-state index contributed by atoms with van der Waals surface area (Å²) < 4.78 is 35.3. The molecular formula is C12H19ClFNO2S. The summed E-state index contributed by atoms with van der Waals surface area (Å²) in [5.41, 5.74) is 0.931. The van der Waals surface area contributed by atoms with E-state index in [9.17, 15) is 12.8 Å². The minimum atomic E-state index is -3.01. The van der Waals surface area contributed by atoms with E-state index in [2.05, 4.69) is 5.32 Å². The maximum Gasteiger partial charge on any atom is 0.148 e. The summed E-state index contributed by atoms with van der Waals surface area (Å²) in [4.78, 5) is 0. The molecule has 1 N–H and O–H groups in total. The average Bonchev–Trinajstić information content (AvgIpc) is 2.19. The summed E-state index contributed by atoms with van der Waals surface area (Å²) in [5, 5.41) is 3.13. The lowest BCUT2D eigenvalue weighted by Gasteiger charge is -2.16. The highest BCUT2D eigenvalue weighted by molar-refractivity contribution is 7.90. The Morgan fingerprint density at radius 2 is 1.83 bits per heavy atom. The molecule has 0 heterocycles. The third-order valence-electron chi connectivity index (χ3n) is 2.39. The van der Waals surface area contributed by atoms with Gasteiger partial charge in [0.2, 0.25) is 0 Å². The van der Waals surface area contributed by atoms with Crippen LogP contribution in [0, 0.1) is 5.82 Å². The highest BCUT2D eigenvalue weighted by Crippen LogP contribution is 2.07. The first kappa shape index (κ1) is 17.4. The largest absolute Gasteiger partial charge is 0.313 e. The van der Waals surface area contributed by atoms with E-state index >= 15 is 0 Å². The fourth-order valence-corrected chi connectivity index (χ4v) is 2.72. The molecule has 1 aromatic carbocycles. The van der Waals surface area contributed by atoms with Gasteiger partial charge in [-0.3, -0.25) is 0 Å². The Labute approximate surface area is 114 Å². The van der Waals surface area contributed by atoms with E-state index in [4.69, 9.17) is 0 Å². The number of sulfone groups is 1. The van der Waals surface area contributed by atoms with Gasteiger partial charge in [0.05, 0.1) is 5.75 Å². The minimum absolute atomic E-state index is 0. The van der Waals surface area contributed by atoms with Crippen molar-refractivity contribution in [1.29, 1.82) is 0 Å². The summed E-state index contributed by atoms with van der Waals surface area (Å²) in [6, 6.07) is 6.02. The molecule has 0 aliphatic carbocycles. The van der Waals surface area contributed by atoms with Crippen molar-refractivity contribution in [3.63, 3.8) is 0 Å². The van der Waals surface area contributed by atoms with Crippen LogP contribution in [-0.4, -0.2) is 33.0 Å². The highest BCUT2D eigenvalue weighted by atomic mass is 35.5. The maximum atomic E-state index is 12.7. The molecule has 104 valence electrons. The van der Waals surface area contributed by atoms with Crippen LogP contribution < -0.4 is 5.32 Å². The van der Waals surface area contributed by atoms with Crippen LogP contribution in [0.1, 0.15) is 12.5 Å². The van der Waals surface area contributed by atoms with Gasteiger partial charge < -0.3 is 5.32 Å². The minimum Gasteiger partial charge on any atom is -0.313 e. The van der Waals surface area contributed by atoms with Crippen LogP contribution in [0.4, 0.5) is 4.39 Å². The van der Waals surface area contributed by atoms with Crippen molar-refractivity contribution in [3.8, 4) is 0 Å². The quantitative estimate of drug-likeness (QED) is 0.871. The summed E-state index contributed by atoms with van der Waals surface area (Å²) in [5.74, 6) is -0.185. The molecular weight excluding hydrogens is 277 g/mol. The van der Waals surface area contributed by atoms with E-state index in [1.54, 1.807) is 12.1 Å². The molecule has 1 unspecified atom stereocenters. The van der Waals surface area contributed by atoms with Crippen molar-refractivity contribution in [2.75, 3.05) is 18.6 Å². The Balaban J connectivity index is 0.00000289. The molecule has 1 atom stereocenters. The van der Waals surface area contributed by atoms with Crippen molar-refractivity contribution in [2.45, 2.75) is 19.4 Å². The van der Waals surface area contributed by atoms with E-state index in [0.29, 0.717) is 13.0 Å². The predicted molar refractivity (Wildman–Crippen MR) is 74.5 cm³/mol. The molecule has 0 spiro atoms. The molecule has 0 fully saturated rings. The molecule has 0 amide bonds. The molecule has 1 aromatic rings. The smallest absolute Gasteiger partial charge is 0.148 e. The third-order valence-corrected chi connectivity index (χ3v) is 3.40. The topological polar surface area (TPSA) is 46.2 Å². The lowest BCUT2D eigenvalue weighted by atomic mass is 10.1. The maximum absolute atomic E-state index is 12.7. The number of likely N-dealkylation sites (N-methyl/N-ethyl adjacent to an activating group) is 1. The Hall–Kier alpha value is -0.650. The van der Waals surface area contributed by atoms with Gasteiger partial charge >= 0.3 is 0 Å². The normalized spacial score (nSPS) is 12.8. The van der Waals surface area contributed by atoms with Gasteiger partial charge in [0.25, 0.3) is 0 Å². The summed E-state index contributed by atoms with van der Waals surface area (Å²) >= 11 is 0. The molecule has 1 rings (SSSR count). The van der Waals surface area contributed by atoms with Crippen molar-refractivity contribution >= 4 is 22.2 Å². The second-order valence-electron chi connectivity index (χ2n) is 4.18. The zero-order valence-electron chi connectivity index (χ0n) is 10.5. The number of nitrogens with one attached hydrogen (secondary N) is 1. The Morgan fingerprint density at radius 1 is 1.28 bits per heavy atom. The molecule has 0 saturated heterocycles. The first-order valence-corrected chi connectivity index (χ1v) is 7.62. The lowest BCUT2D eigenvalue weighted by Crippen LogP contribution is -2.37. The van der Waals surface area contributed by atoms with E-state index in [1.807, 2.05) is 6.92 Å². The van der Waals surface area contributed by atoms with Crippen LogP contribution in [0.15, 0.2) is 24.3 Å². The summed E-state index contributed by atoms with van der Waals surface area (Å²) in [7, 11) is -3.01. The zero-order valence-corrected chi connectivity index (χ0v) is 12.2. The second kappa shape index (κ2) is 7.71. The Bertz CT molecular complexity index is 448. The number of hydrogen-bond acceptors (Lipinski definition) is 3. The zero-order chi connectivity index (χ0) is 12.9. The van der Waals surface area contributed by atoms with Gasteiger partial charge in [0.1, 0.15) is 15.7 Å². The molecule has 0 aliphatic heterocycles. The molecule has 0 saturated carbocycles. The molecule has 3 nitrogen and oxygen atoms in total. The number of rotatable bonds is 6. The van der Waals surface area contributed by atoms with Gasteiger partial charge in [0.15, 0.2) is 0 Å². The van der Waals surface area contributed by atoms with E-state index in [0.717, 1.165) is 5.56 Å². The summed E-state index contributed by atoms with van der Waals surface area (Å²) in [6.45, 7) is 2.64. The molecule has 0 radical (unpaired) electrons. The van der Waals surface area contributed by atoms with Crippen molar-refractivity contribution in [2.24, 2.45) is 0 Å². The fourth-order valence-electron chi connectivity index (χ4n) is 1.75. The van der Waals surface area contributed by atoms with Gasteiger partial charge in [-0.2, -0.15) is 0 Å². The molecule has 0 aromatic heterocycles. The third kappa shape index (κ3) is 6.93. The van der Waals surface area contributed by atoms with Crippen molar-refractivity contribution in [3.05, 3.63) is 35.6 Å². The van der Waals surface area contributed by atoms with Crippen LogP contribution in [0.25, 0.3) is 0 Å². The number of hydrogen-bond donors (Lipinski definition) is 1. The predicted octanol–water partition coefficient (Wildman–Crippen LogP) is 1.81. The first-order chi connectivity index (χ1) is 7.90. The standard InChI is InChI=1S/C12H18FNO2S.ClH/c1-3-14-12(9-17(2,15)16)8-10-4-6-11(13)7-5-10;/h4-7,12,14H,3,8-9H2,1-2H3;1H. The van der Waals surface area contributed by atoms with E-state index in [-0.39, 0.29) is 30.0 Å². The average molecular weight is 296 g/mol. The van der Waals surface area contributed by atoms with Gasteiger partial charge in [-0.25, -0.2) is 12.8 Å². The molecule has 6 heteroatoms. The second-order valence-corrected chi connectivity index (χ2v) is 6.36. The van der Waals surface area contributed by atoms with Gasteiger partial charge in [0, 0.05) is 12.3 Å². The van der Waals surface area contributed by atoms with Crippen molar-refractivity contribution in [1.82, 2.24) is 5.32 Å². The van der Waals surface area contributed by atoms with Crippen LogP contribution >= 0.6 is 12.4 Å². The van der Waals surface area contributed by atoms with Crippen LogP contribution in [0.3, 0.4) is 0 Å². The fraction of sp³-hybridized carbons (Fsp3) is 0.500. The lowest BCUT2D eigenvalue weighted by molar-refractivity contribution is 0.544. The highest BCUT2D eigenvalue weighted by Gasteiger charge is 2.14. The van der Waals surface area contributed by atoms with Gasteiger partial charge in [-0.15, -0.1) is 12.4 Å². The van der Waals surface area contributed by atoms with Gasteiger partial charge in [-0.1, -0.05) is 19.1 Å². The van der Waals surface area contributed by atoms with Crippen LogP contribution in [-0.2, 0) is 16.3 Å². The molecule has 0 aliphatic rings. The van der Waals surface area contributed by atoms with E-state index in [1.165, 1.54) is 18.4 Å². The van der Waals surface area contributed by atoms with Crippen LogP contribution in [0.5, 0.6) is 0 Å². The summed E-state index contributed by atoms with van der Waals surface area (Å²) in [6.07, 6.45) is 1.81. The van der Waals surface area contributed by atoms with E-state index < -0.39 is 9.84 Å². The number of halogens is 2. The van der Waals surface area contributed by atoms with Crippen molar-refractivity contribution < 1.29 is 12.8 Å². The Morgan fingerprint density at radius 3 is 2.28 bits per heavy atom. The molecule has 0 bridgehead atoms. The number of benzene rings is 1. The first-order valence-electron chi connectivity index (χ1n) is 5.56.